The SMILES string of the molecule is C/C(=C\CC/C=C/C(C)C)OC(=O)Cc1ccccc1. The van der Waals surface area contributed by atoms with Crippen LogP contribution in [0, 0.1) is 5.92 Å². The number of esters is 1. The van der Waals surface area contributed by atoms with E-state index in [1.165, 1.54) is 0 Å². The molecule has 0 fully saturated rings. The fraction of sp³-hybridized carbons (Fsp3) is 0.389. The highest BCUT2D eigenvalue weighted by atomic mass is 16.5. The summed E-state index contributed by atoms with van der Waals surface area (Å²) in [6.07, 6.45) is 8.51. The van der Waals surface area contributed by atoms with Crippen molar-refractivity contribution in [1.29, 1.82) is 0 Å². The number of hydrogen-bond acceptors (Lipinski definition) is 2. The van der Waals surface area contributed by atoms with Gasteiger partial charge in [0.05, 0.1) is 6.42 Å². The van der Waals surface area contributed by atoms with Crippen molar-refractivity contribution in [3.63, 3.8) is 0 Å². The van der Waals surface area contributed by atoms with Crippen LogP contribution in [0.1, 0.15) is 39.2 Å². The Hall–Kier alpha value is -1.83. The number of unbranched alkanes of at least 4 members (excludes halogenated alkanes) is 1. The molecule has 2 heteroatoms. The molecule has 0 aromatic heterocycles. The Balaban J connectivity index is 2.30. The Morgan fingerprint density at radius 2 is 1.90 bits per heavy atom. The summed E-state index contributed by atoms with van der Waals surface area (Å²) in [6, 6.07) is 9.64. The Labute approximate surface area is 122 Å². The van der Waals surface area contributed by atoms with Crippen LogP contribution in [-0.4, -0.2) is 5.97 Å². The minimum absolute atomic E-state index is 0.206. The molecule has 0 aliphatic heterocycles. The first-order valence-electron chi connectivity index (χ1n) is 7.16. The van der Waals surface area contributed by atoms with Gasteiger partial charge in [0.1, 0.15) is 5.76 Å². The lowest BCUT2D eigenvalue weighted by molar-refractivity contribution is -0.138. The Morgan fingerprint density at radius 1 is 1.20 bits per heavy atom. The Morgan fingerprint density at radius 3 is 2.55 bits per heavy atom. The number of benzene rings is 1. The van der Waals surface area contributed by atoms with Crippen molar-refractivity contribution in [2.75, 3.05) is 0 Å². The van der Waals surface area contributed by atoms with Gasteiger partial charge in [-0.3, -0.25) is 4.79 Å². The molecule has 0 bridgehead atoms. The van der Waals surface area contributed by atoms with Gasteiger partial charge in [-0.05, 0) is 37.3 Å². The first kappa shape index (κ1) is 16.2. The molecule has 0 heterocycles. The van der Waals surface area contributed by atoms with Crippen LogP contribution in [0.2, 0.25) is 0 Å². The number of carbonyl (C=O) groups is 1. The molecular formula is C18H24O2. The van der Waals surface area contributed by atoms with Crippen LogP contribution in [0.3, 0.4) is 0 Å². The smallest absolute Gasteiger partial charge is 0.315 e. The van der Waals surface area contributed by atoms with Crippen LogP contribution >= 0.6 is 0 Å². The van der Waals surface area contributed by atoms with Gasteiger partial charge in [0, 0.05) is 0 Å². The normalized spacial score (nSPS) is 12.1. The molecule has 1 aromatic carbocycles. The molecule has 1 rings (SSSR count). The number of allylic oxidation sites excluding steroid dienone is 4. The van der Waals surface area contributed by atoms with E-state index in [-0.39, 0.29) is 5.97 Å². The summed E-state index contributed by atoms with van der Waals surface area (Å²) in [5.41, 5.74) is 0.977. The lowest BCUT2D eigenvalue weighted by Gasteiger charge is -2.04. The third kappa shape index (κ3) is 7.57. The van der Waals surface area contributed by atoms with Gasteiger partial charge in [-0.25, -0.2) is 0 Å². The number of ether oxygens (including phenoxy) is 1. The second-order valence-electron chi connectivity index (χ2n) is 5.20. The zero-order valence-electron chi connectivity index (χ0n) is 12.6. The Kier molecular flexibility index (Phi) is 7.41. The third-order valence-electron chi connectivity index (χ3n) is 2.75. The first-order chi connectivity index (χ1) is 9.58. The van der Waals surface area contributed by atoms with Crippen LogP contribution in [0.25, 0.3) is 0 Å². The number of carbonyl (C=O) groups excluding carboxylic acids is 1. The van der Waals surface area contributed by atoms with E-state index in [9.17, 15) is 4.79 Å². The molecule has 0 aliphatic rings. The van der Waals surface area contributed by atoms with Gasteiger partial charge in [-0.1, -0.05) is 56.3 Å². The van der Waals surface area contributed by atoms with Crippen LogP contribution in [0.4, 0.5) is 0 Å². The second kappa shape index (κ2) is 9.13. The fourth-order valence-electron chi connectivity index (χ4n) is 1.77. The van der Waals surface area contributed by atoms with E-state index in [1.54, 1.807) is 0 Å². The summed E-state index contributed by atoms with van der Waals surface area (Å²) < 4.78 is 5.28. The van der Waals surface area contributed by atoms with Crippen molar-refractivity contribution in [3.8, 4) is 0 Å². The van der Waals surface area contributed by atoms with E-state index in [1.807, 2.05) is 43.3 Å². The lowest BCUT2D eigenvalue weighted by Crippen LogP contribution is -2.06. The van der Waals surface area contributed by atoms with Crippen molar-refractivity contribution in [2.24, 2.45) is 5.92 Å². The highest BCUT2D eigenvalue weighted by molar-refractivity contribution is 5.73. The summed E-state index contributed by atoms with van der Waals surface area (Å²) in [4.78, 5) is 11.7. The predicted molar refractivity (Wildman–Crippen MR) is 83.2 cm³/mol. The summed E-state index contributed by atoms with van der Waals surface area (Å²) in [6.45, 7) is 6.14. The highest BCUT2D eigenvalue weighted by Crippen LogP contribution is 2.06. The van der Waals surface area contributed by atoms with Crippen molar-refractivity contribution in [1.82, 2.24) is 0 Å². The van der Waals surface area contributed by atoms with Gasteiger partial charge >= 0.3 is 5.97 Å². The topological polar surface area (TPSA) is 26.3 Å². The zero-order chi connectivity index (χ0) is 14.8. The fourth-order valence-corrected chi connectivity index (χ4v) is 1.77. The molecule has 0 amide bonds. The van der Waals surface area contributed by atoms with Crippen molar-refractivity contribution < 1.29 is 9.53 Å². The molecule has 0 saturated carbocycles. The van der Waals surface area contributed by atoms with Crippen molar-refractivity contribution in [2.45, 2.75) is 40.0 Å². The molecule has 0 N–H and O–H groups in total. The predicted octanol–water partition coefficient (Wildman–Crippen LogP) is 4.67. The minimum Gasteiger partial charge on any atom is -0.431 e. The highest BCUT2D eigenvalue weighted by Gasteiger charge is 2.04. The van der Waals surface area contributed by atoms with Gasteiger partial charge < -0.3 is 4.74 Å². The van der Waals surface area contributed by atoms with E-state index in [0.717, 1.165) is 18.4 Å². The molecule has 0 radical (unpaired) electrons. The summed E-state index contributed by atoms with van der Waals surface area (Å²) in [5.74, 6) is 1.07. The molecule has 1 aromatic rings. The first-order valence-corrected chi connectivity index (χ1v) is 7.16. The number of hydrogen-bond donors (Lipinski definition) is 0. The standard InChI is InChI=1S/C18H24O2/c1-15(2)10-6-4-7-11-16(3)20-18(19)14-17-12-8-5-9-13-17/h5-6,8-13,15H,4,7,14H2,1-3H3/b10-6+,16-11+. The third-order valence-corrected chi connectivity index (χ3v) is 2.75. The van der Waals surface area contributed by atoms with Crippen LogP contribution < -0.4 is 0 Å². The zero-order valence-corrected chi connectivity index (χ0v) is 12.6. The van der Waals surface area contributed by atoms with Gasteiger partial charge in [0.2, 0.25) is 0 Å². The molecule has 0 aliphatic carbocycles. The maximum Gasteiger partial charge on any atom is 0.315 e. The van der Waals surface area contributed by atoms with E-state index >= 15 is 0 Å². The van der Waals surface area contributed by atoms with Gasteiger partial charge in [-0.2, -0.15) is 0 Å². The molecule has 0 unspecified atom stereocenters. The summed E-state index contributed by atoms with van der Waals surface area (Å²) in [7, 11) is 0. The molecule has 2 nitrogen and oxygen atoms in total. The Bertz CT molecular complexity index is 456. The largest absolute Gasteiger partial charge is 0.431 e. The van der Waals surface area contributed by atoms with Crippen LogP contribution in [-0.2, 0) is 16.0 Å². The van der Waals surface area contributed by atoms with Gasteiger partial charge in [0.25, 0.3) is 0 Å². The van der Waals surface area contributed by atoms with E-state index in [0.29, 0.717) is 18.1 Å². The van der Waals surface area contributed by atoms with Gasteiger partial charge in [0.15, 0.2) is 0 Å². The summed E-state index contributed by atoms with van der Waals surface area (Å²) >= 11 is 0. The van der Waals surface area contributed by atoms with Crippen LogP contribution in [0.5, 0.6) is 0 Å². The van der Waals surface area contributed by atoms with Crippen LogP contribution in [0.15, 0.2) is 54.3 Å². The van der Waals surface area contributed by atoms with E-state index in [4.69, 9.17) is 4.74 Å². The molecular weight excluding hydrogens is 248 g/mol. The van der Waals surface area contributed by atoms with Gasteiger partial charge in [-0.15, -0.1) is 0 Å². The monoisotopic (exact) mass is 272 g/mol. The maximum atomic E-state index is 11.7. The number of rotatable bonds is 7. The molecule has 0 atom stereocenters. The molecule has 20 heavy (non-hydrogen) atoms. The average Bonchev–Trinajstić information content (AvgIpc) is 2.38. The maximum absolute atomic E-state index is 11.7. The van der Waals surface area contributed by atoms with Crippen molar-refractivity contribution >= 4 is 5.97 Å². The average molecular weight is 272 g/mol. The second-order valence-corrected chi connectivity index (χ2v) is 5.20. The molecule has 108 valence electrons. The van der Waals surface area contributed by atoms with E-state index < -0.39 is 0 Å². The minimum atomic E-state index is -0.206. The van der Waals surface area contributed by atoms with E-state index in [2.05, 4.69) is 26.0 Å². The molecule has 0 spiro atoms. The molecule has 0 saturated heterocycles. The van der Waals surface area contributed by atoms with Crippen molar-refractivity contribution in [3.05, 3.63) is 59.9 Å². The quantitative estimate of drug-likeness (QED) is 0.312. The summed E-state index contributed by atoms with van der Waals surface area (Å²) in [5, 5.41) is 0. The lowest BCUT2D eigenvalue weighted by atomic mass is 10.1.